The van der Waals surface area contributed by atoms with Crippen LogP contribution in [0.5, 0.6) is 11.5 Å². The quantitative estimate of drug-likeness (QED) is 0.347. The average Bonchev–Trinajstić information content (AvgIpc) is 3.44. The number of benzene rings is 1. The lowest BCUT2D eigenvalue weighted by atomic mass is 10.1. The second kappa shape index (κ2) is 8.80. The first-order valence-electron chi connectivity index (χ1n) is 10.7. The van der Waals surface area contributed by atoms with Gasteiger partial charge in [-0.15, -0.1) is 0 Å². The van der Waals surface area contributed by atoms with Crippen molar-refractivity contribution in [3.8, 4) is 28.8 Å². The van der Waals surface area contributed by atoms with Crippen LogP contribution in [0.2, 0.25) is 0 Å². The maximum absolute atomic E-state index is 11.6. The van der Waals surface area contributed by atoms with E-state index in [-0.39, 0.29) is 18.2 Å². The van der Waals surface area contributed by atoms with Crippen molar-refractivity contribution in [2.75, 3.05) is 42.4 Å². The summed E-state index contributed by atoms with van der Waals surface area (Å²) in [5.74, 6) is 1.60. The number of hydrogen-bond donors (Lipinski definition) is 3. The van der Waals surface area contributed by atoms with E-state index in [1.807, 2.05) is 25.2 Å². The molecule has 0 saturated carbocycles. The fourth-order valence-corrected chi connectivity index (χ4v) is 4.33. The highest BCUT2D eigenvalue weighted by Gasteiger charge is 2.23. The smallest absolute Gasteiger partial charge is 0.231 e. The number of nitrogens with zero attached hydrogens (tertiary/aromatic N) is 5. The highest BCUT2D eigenvalue weighted by Crippen LogP contribution is 2.45. The van der Waals surface area contributed by atoms with Crippen LogP contribution in [0.25, 0.3) is 22.3 Å². The Balaban J connectivity index is 1.53. The number of anilines is 3. The molecule has 0 atom stereocenters. The molecule has 0 saturated heterocycles. The van der Waals surface area contributed by atoms with E-state index in [4.69, 9.17) is 9.47 Å². The number of fused-ring (bicyclic) bond motifs is 2. The Labute approximate surface area is 200 Å². The van der Waals surface area contributed by atoms with Crippen LogP contribution in [-0.4, -0.2) is 64.9 Å². The highest BCUT2D eigenvalue weighted by atomic mass is 32.2. The fourth-order valence-electron chi connectivity index (χ4n) is 3.86. The van der Waals surface area contributed by atoms with Gasteiger partial charge in [0, 0.05) is 37.8 Å². The second-order valence-corrected chi connectivity index (χ2v) is 10.2. The van der Waals surface area contributed by atoms with E-state index in [1.54, 1.807) is 10.9 Å². The molecule has 180 valence electrons. The summed E-state index contributed by atoms with van der Waals surface area (Å²) in [5.41, 5.74) is 3.09. The van der Waals surface area contributed by atoms with Crippen LogP contribution >= 0.6 is 0 Å². The summed E-state index contributed by atoms with van der Waals surface area (Å²) >= 11 is 0. The fraction of sp³-hybridized carbons (Fsp3) is 0.273. The summed E-state index contributed by atoms with van der Waals surface area (Å²) in [5, 5.41) is 20.4. The van der Waals surface area contributed by atoms with Gasteiger partial charge in [-0.2, -0.15) is 20.3 Å². The number of aromatic amines is 1. The Bertz CT molecular complexity index is 1570. The number of hydrogen-bond acceptors (Lipinski definition) is 10. The van der Waals surface area contributed by atoms with Gasteiger partial charge in [0.05, 0.1) is 28.1 Å². The molecule has 4 heterocycles. The molecule has 0 radical (unpaired) electrons. The number of sulfone groups is 1. The first kappa shape index (κ1) is 22.5. The summed E-state index contributed by atoms with van der Waals surface area (Å²) in [6.45, 7) is 0.931. The van der Waals surface area contributed by atoms with Gasteiger partial charge in [-0.05, 0) is 18.2 Å². The van der Waals surface area contributed by atoms with Gasteiger partial charge in [-0.25, -0.2) is 8.42 Å². The van der Waals surface area contributed by atoms with Crippen LogP contribution in [0.3, 0.4) is 0 Å². The predicted octanol–water partition coefficient (Wildman–Crippen LogP) is 2.20. The van der Waals surface area contributed by atoms with E-state index in [9.17, 15) is 13.7 Å². The minimum absolute atomic E-state index is 0.0816. The largest absolute Gasteiger partial charge is 0.485 e. The average molecular weight is 495 g/mol. The number of aryl methyl sites for hydroxylation is 1. The summed E-state index contributed by atoms with van der Waals surface area (Å²) in [6, 6.07) is 7.74. The van der Waals surface area contributed by atoms with E-state index in [0.29, 0.717) is 52.8 Å². The Hall–Kier alpha value is -4.31. The first-order chi connectivity index (χ1) is 16.8. The van der Waals surface area contributed by atoms with Gasteiger partial charge in [-0.1, -0.05) is 0 Å². The molecular weight excluding hydrogens is 472 g/mol. The Kier molecular flexibility index (Phi) is 5.65. The SMILES string of the molecule is Cn1nccc1-c1ccc(Nc2nc(NCCS(C)(=O)=O)c3c(C#N)c[nH]c3n2)c2c1OCCO2. The molecule has 0 amide bonds. The molecule has 0 spiro atoms. The van der Waals surface area contributed by atoms with Crippen molar-refractivity contribution in [2.24, 2.45) is 7.05 Å². The van der Waals surface area contributed by atoms with Gasteiger partial charge in [-0.3, -0.25) is 4.68 Å². The van der Waals surface area contributed by atoms with E-state index >= 15 is 0 Å². The number of rotatable bonds is 7. The Morgan fingerprint density at radius 2 is 2.00 bits per heavy atom. The van der Waals surface area contributed by atoms with Crippen molar-refractivity contribution in [2.45, 2.75) is 0 Å². The standard InChI is InChI=1S/C22H22N8O4S/c1-30-16(5-6-26-30)14-3-4-15(19-18(14)33-8-9-34-19)27-22-28-20(24-7-10-35(2,31)32)17-13(11-23)12-25-21(17)29-22/h3-6,12H,7-10H2,1-2H3,(H3,24,25,27,28,29). The van der Waals surface area contributed by atoms with Crippen LogP contribution in [0.15, 0.2) is 30.6 Å². The van der Waals surface area contributed by atoms with Gasteiger partial charge in [0.15, 0.2) is 11.5 Å². The first-order valence-corrected chi connectivity index (χ1v) is 12.8. The molecule has 1 aliphatic rings. The lowest BCUT2D eigenvalue weighted by Gasteiger charge is -2.24. The van der Waals surface area contributed by atoms with E-state index in [0.717, 1.165) is 17.5 Å². The maximum Gasteiger partial charge on any atom is 0.231 e. The molecule has 0 bridgehead atoms. The summed E-state index contributed by atoms with van der Waals surface area (Å²) in [4.78, 5) is 12.0. The zero-order valence-electron chi connectivity index (χ0n) is 19.0. The van der Waals surface area contributed by atoms with Crippen LogP contribution < -0.4 is 20.1 Å². The van der Waals surface area contributed by atoms with Crippen molar-refractivity contribution in [1.82, 2.24) is 24.7 Å². The van der Waals surface area contributed by atoms with Gasteiger partial charge in [0.2, 0.25) is 5.95 Å². The van der Waals surface area contributed by atoms with Gasteiger partial charge >= 0.3 is 0 Å². The second-order valence-electron chi connectivity index (χ2n) is 7.97. The van der Waals surface area contributed by atoms with Crippen molar-refractivity contribution >= 4 is 38.3 Å². The van der Waals surface area contributed by atoms with Crippen LogP contribution in [0, 0.1) is 11.3 Å². The minimum Gasteiger partial charge on any atom is -0.485 e. The molecule has 4 aromatic rings. The number of nitriles is 1. The third-order valence-corrected chi connectivity index (χ3v) is 6.39. The van der Waals surface area contributed by atoms with Crippen LogP contribution in [0.4, 0.5) is 17.5 Å². The van der Waals surface area contributed by atoms with Crippen molar-refractivity contribution < 1.29 is 17.9 Å². The molecule has 1 aromatic carbocycles. The van der Waals surface area contributed by atoms with E-state index in [1.165, 1.54) is 6.20 Å². The van der Waals surface area contributed by atoms with E-state index in [2.05, 4.69) is 36.8 Å². The number of ether oxygens (including phenoxy) is 2. The molecule has 5 rings (SSSR count). The maximum atomic E-state index is 11.6. The lowest BCUT2D eigenvalue weighted by Crippen LogP contribution is -2.18. The number of nitrogens with one attached hydrogen (secondary N) is 3. The number of H-pyrrole nitrogens is 1. The third-order valence-electron chi connectivity index (χ3n) is 5.45. The molecule has 35 heavy (non-hydrogen) atoms. The molecule has 13 heteroatoms. The molecule has 12 nitrogen and oxygen atoms in total. The normalized spacial score (nSPS) is 12.9. The minimum atomic E-state index is -3.18. The molecular formula is C22H22N8O4S. The van der Waals surface area contributed by atoms with Crippen molar-refractivity contribution in [1.29, 1.82) is 5.26 Å². The monoisotopic (exact) mass is 494 g/mol. The van der Waals surface area contributed by atoms with E-state index < -0.39 is 9.84 Å². The topological polar surface area (TPSA) is 160 Å². The number of aromatic nitrogens is 5. The van der Waals surface area contributed by atoms with Crippen molar-refractivity contribution in [3.05, 3.63) is 36.2 Å². The third kappa shape index (κ3) is 4.43. The molecule has 0 aliphatic carbocycles. The molecule has 0 unspecified atom stereocenters. The molecule has 3 aromatic heterocycles. The summed E-state index contributed by atoms with van der Waals surface area (Å²) in [7, 11) is -1.32. The lowest BCUT2D eigenvalue weighted by molar-refractivity contribution is 0.173. The van der Waals surface area contributed by atoms with Gasteiger partial charge in [0.1, 0.15) is 40.6 Å². The summed E-state index contributed by atoms with van der Waals surface area (Å²) < 4.78 is 36.8. The molecule has 0 fully saturated rings. The van der Waals surface area contributed by atoms with Crippen LogP contribution in [-0.2, 0) is 16.9 Å². The van der Waals surface area contributed by atoms with Crippen LogP contribution in [0.1, 0.15) is 5.56 Å². The summed E-state index contributed by atoms with van der Waals surface area (Å²) in [6.07, 6.45) is 4.41. The zero-order chi connectivity index (χ0) is 24.6. The molecule has 1 aliphatic heterocycles. The zero-order valence-corrected chi connectivity index (χ0v) is 19.8. The predicted molar refractivity (Wildman–Crippen MR) is 130 cm³/mol. The Morgan fingerprint density at radius 3 is 2.71 bits per heavy atom. The Morgan fingerprint density at radius 1 is 1.20 bits per heavy atom. The highest BCUT2D eigenvalue weighted by molar-refractivity contribution is 7.90. The molecule has 3 N–H and O–H groups in total. The van der Waals surface area contributed by atoms with Gasteiger partial charge < -0.3 is 25.1 Å². The van der Waals surface area contributed by atoms with Crippen molar-refractivity contribution in [3.63, 3.8) is 0 Å². The van der Waals surface area contributed by atoms with Gasteiger partial charge in [0.25, 0.3) is 0 Å².